The van der Waals surface area contributed by atoms with Gasteiger partial charge in [0.2, 0.25) is 5.91 Å². The smallest absolute Gasteiger partial charge is 0.255 e. The van der Waals surface area contributed by atoms with E-state index in [1.54, 1.807) is 15.8 Å². The number of rotatable bonds is 4. The van der Waals surface area contributed by atoms with Crippen LogP contribution in [0.25, 0.3) is 0 Å². The molecule has 0 bridgehead atoms. The van der Waals surface area contributed by atoms with Gasteiger partial charge in [-0.15, -0.1) is 0 Å². The van der Waals surface area contributed by atoms with E-state index in [0.717, 1.165) is 29.9 Å². The molecule has 1 aliphatic heterocycles. The van der Waals surface area contributed by atoms with Crippen LogP contribution in [0, 0.1) is 6.92 Å². The van der Waals surface area contributed by atoms with Gasteiger partial charge in [-0.25, -0.2) is 0 Å². The average molecular weight is 312 g/mol. The lowest BCUT2D eigenvalue weighted by atomic mass is 10.1. The van der Waals surface area contributed by atoms with Crippen LogP contribution in [0.1, 0.15) is 34.5 Å². The fraction of sp³-hybridized carbons (Fsp3) is 0.353. The van der Waals surface area contributed by atoms with Crippen LogP contribution in [0.2, 0.25) is 0 Å². The first-order chi connectivity index (χ1) is 11.1. The molecule has 1 aliphatic rings. The Hall–Kier alpha value is -2.63. The monoisotopic (exact) mass is 312 g/mol. The summed E-state index contributed by atoms with van der Waals surface area (Å²) in [6, 6.07) is 7.75. The minimum absolute atomic E-state index is 0.141. The SMILES string of the molecule is Cc1c(C(=O)NCc2cccc(N3CCCC3=O)c2)cnn1C. The normalized spacial score (nSPS) is 14.3. The number of hydrogen-bond donors (Lipinski definition) is 1. The Morgan fingerprint density at radius 2 is 2.22 bits per heavy atom. The largest absolute Gasteiger partial charge is 0.348 e. The van der Waals surface area contributed by atoms with Crippen LogP contribution in [-0.4, -0.2) is 28.1 Å². The van der Waals surface area contributed by atoms with E-state index in [-0.39, 0.29) is 11.8 Å². The van der Waals surface area contributed by atoms with Crippen molar-refractivity contribution in [3.05, 3.63) is 47.3 Å². The standard InChI is InChI=1S/C17H20N4O2/c1-12-15(11-19-20(12)2)17(23)18-10-13-5-3-6-14(9-13)21-8-4-7-16(21)22/h3,5-6,9,11H,4,7-8,10H2,1-2H3,(H,18,23). The highest BCUT2D eigenvalue weighted by Gasteiger charge is 2.21. The Labute approximate surface area is 135 Å². The molecule has 1 N–H and O–H groups in total. The number of hydrogen-bond acceptors (Lipinski definition) is 3. The van der Waals surface area contributed by atoms with Gasteiger partial charge in [0.15, 0.2) is 0 Å². The minimum atomic E-state index is -0.141. The Kier molecular flexibility index (Phi) is 4.14. The Bertz CT molecular complexity index is 751. The third-order valence-corrected chi connectivity index (χ3v) is 4.23. The number of nitrogens with zero attached hydrogens (tertiary/aromatic N) is 3. The molecule has 1 aromatic heterocycles. The first-order valence-electron chi connectivity index (χ1n) is 7.72. The van der Waals surface area contributed by atoms with Gasteiger partial charge < -0.3 is 10.2 Å². The molecular formula is C17H20N4O2. The summed E-state index contributed by atoms with van der Waals surface area (Å²) in [5.41, 5.74) is 3.28. The molecule has 1 aromatic carbocycles. The van der Waals surface area contributed by atoms with Crippen molar-refractivity contribution in [2.75, 3.05) is 11.4 Å². The molecule has 0 saturated carbocycles. The van der Waals surface area contributed by atoms with Gasteiger partial charge in [-0.05, 0) is 31.0 Å². The van der Waals surface area contributed by atoms with E-state index in [1.165, 1.54) is 0 Å². The van der Waals surface area contributed by atoms with Crippen LogP contribution in [0.5, 0.6) is 0 Å². The first-order valence-corrected chi connectivity index (χ1v) is 7.72. The fourth-order valence-electron chi connectivity index (χ4n) is 2.75. The van der Waals surface area contributed by atoms with Crippen molar-refractivity contribution in [1.29, 1.82) is 0 Å². The summed E-state index contributed by atoms with van der Waals surface area (Å²) in [6.07, 6.45) is 3.09. The van der Waals surface area contributed by atoms with Gasteiger partial charge in [0, 0.05) is 37.9 Å². The molecule has 2 amide bonds. The number of benzene rings is 1. The highest BCUT2D eigenvalue weighted by Crippen LogP contribution is 2.22. The molecular weight excluding hydrogens is 292 g/mol. The molecule has 1 saturated heterocycles. The van der Waals surface area contributed by atoms with Crippen LogP contribution in [0.3, 0.4) is 0 Å². The third kappa shape index (κ3) is 3.11. The van der Waals surface area contributed by atoms with Crippen molar-refractivity contribution in [1.82, 2.24) is 15.1 Å². The van der Waals surface area contributed by atoms with Crippen LogP contribution in [0.15, 0.2) is 30.5 Å². The number of aryl methyl sites for hydroxylation is 1. The number of aromatic nitrogens is 2. The lowest BCUT2D eigenvalue weighted by Gasteiger charge is -2.16. The molecule has 23 heavy (non-hydrogen) atoms. The zero-order valence-electron chi connectivity index (χ0n) is 13.4. The zero-order chi connectivity index (χ0) is 16.4. The van der Waals surface area contributed by atoms with E-state index >= 15 is 0 Å². The number of carbonyl (C=O) groups is 2. The molecule has 0 aliphatic carbocycles. The van der Waals surface area contributed by atoms with Gasteiger partial charge in [-0.2, -0.15) is 5.10 Å². The van der Waals surface area contributed by atoms with Crippen LogP contribution >= 0.6 is 0 Å². The number of carbonyl (C=O) groups excluding carboxylic acids is 2. The Morgan fingerprint density at radius 1 is 1.39 bits per heavy atom. The summed E-state index contributed by atoms with van der Waals surface area (Å²) in [5, 5.41) is 6.98. The van der Waals surface area contributed by atoms with Gasteiger partial charge in [0.1, 0.15) is 0 Å². The second-order valence-electron chi connectivity index (χ2n) is 5.77. The summed E-state index contributed by atoms with van der Waals surface area (Å²) < 4.78 is 1.68. The summed E-state index contributed by atoms with van der Waals surface area (Å²) in [6.45, 7) is 3.05. The highest BCUT2D eigenvalue weighted by molar-refractivity contribution is 5.96. The molecule has 3 rings (SSSR count). The van der Waals surface area contributed by atoms with Crippen LogP contribution in [-0.2, 0) is 18.4 Å². The van der Waals surface area contributed by atoms with Gasteiger partial charge in [-0.3, -0.25) is 14.3 Å². The predicted octanol–water partition coefficient (Wildman–Crippen LogP) is 1.79. The quantitative estimate of drug-likeness (QED) is 0.936. The molecule has 6 nitrogen and oxygen atoms in total. The number of amides is 2. The van der Waals surface area contributed by atoms with E-state index in [2.05, 4.69) is 10.4 Å². The average Bonchev–Trinajstić information content (AvgIpc) is 3.12. The molecule has 2 heterocycles. The first kappa shape index (κ1) is 15.3. The van der Waals surface area contributed by atoms with Crippen molar-refractivity contribution in [3.8, 4) is 0 Å². The summed E-state index contributed by atoms with van der Waals surface area (Å²) in [7, 11) is 1.81. The van der Waals surface area contributed by atoms with Crippen molar-refractivity contribution in [2.24, 2.45) is 7.05 Å². The maximum absolute atomic E-state index is 12.2. The highest BCUT2D eigenvalue weighted by atomic mass is 16.2. The van der Waals surface area contributed by atoms with Gasteiger partial charge >= 0.3 is 0 Å². The topological polar surface area (TPSA) is 67.2 Å². The molecule has 0 unspecified atom stereocenters. The summed E-state index contributed by atoms with van der Waals surface area (Å²) in [5.74, 6) is 0.0235. The van der Waals surface area contributed by atoms with Crippen molar-refractivity contribution in [2.45, 2.75) is 26.3 Å². The number of anilines is 1. The lowest BCUT2D eigenvalue weighted by Crippen LogP contribution is -2.25. The van der Waals surface area contributed by atoms with E-state index in [1.807, 2.05) is 38.2 Å². The third-order valence-electron chi connectivity index (χ3n) is 4.23. The van der Waals surface area contributed by atoms with E-state index in [9.17, 15) is 9.59 Å². The minimum Gasteiger partial charge on any atom is -0.348 e. The predicted molar refractivity (Wildman–Crippen MR) is 87.1 cm³/mol. The lowest BCUT2D eigenvalue weighted by molar-refractivity contribution is -0.117. The molecule has 0 radical (unpaired) electrons. The molecule has 2 aromatic rings. The second kappa shape index (κ2) is 6.24. The van der Waals surface area contributed by atoms with Crippen molar-refractivity contribution in [3.63, 3.8) is 0 Å². The molecule has 1 fully saturated rings. The van der Waals surface area contributed by atoms with Crippen LogP contribution < -0.4 is 10.2 Å². The maximum atomic E-state index is 12.2. The maximum Gasteiger partial charge on any atom is 0.255 e. The Morgan fingerprint density at radius 3 is 2.87 bits per heavy atom. The molecule has 6 heteroatoms. The second-order valence-corrected chi connectivity index (χ2v) is 5.77. The van der Waals surface area contributed by atoms with Gasteiger partial charge in [0.25, 0.3) is 5.91 Å². The molecule has 120 valence electrons. The van der Waals surface area contributed by atoms with Crippen LogP contribution in [0.4, 0.5) is 5.69 Å². The summed E-state index contributed by atoms with van der Waals surface area (Å²) in [4.78, 5) is 25.8. The molecule has 0 atom stereocenters. The van der Waals surface area contributed by atoms with E-state index < -0.39 is 0 Å². The van der Waals surface area contributed by atoms with E-state index in [0.29, 0.717) is 18.5 Å². The van der Waals surface area contributed by atoms with Gasteiger partial charge in [-0.1, -0.05) is 12.1 Å². The summed E-state index contributed by atoms with van der Waals surface area (Å²) >= 11 is 0. The van der Waals surface area contributed by atoms with Crippen molar-refractivity contribution >= 4 is 17.5 Å². The van der Waals surface area contributed by atoms with Gasteiger partial charge in [0.05, 0.1) is 11.8 Å². The molecule has 0 spiro atoms. The van der Waals surface area contributed by atoms with Crippen molar-refractivity contribution < 1.29 is 9.59 Å². The zero-order valence-corrected chi connectivity index (χ0v) is 13.4. The van der Waals surface area contributed by atoms with E-state index in [4.69, 9.17) is 0 Å². The number of nitrogens with one attached hydrogen (secondary N) is 1. The Balaban J connectivity index is 1.68. The fourth-order valence-corrected chi connectivity index (χ4v) is 2.75.